The maximum absolute atomic E-state index is 4.11. The lowest BCUT2D eigenvalue weighted by Gasteiger charge is -2.11. The highest BCUT2D eigenvalue weighted by Gasteiger charge is 2.04. The molecule has 1 N–H and O–H groups in total. The summed E-state index contributed by atoms with van der Waals surface area (Å²) in [5, 5.41) is 10.0. The number of nitrogens with zero attached hydrogens (tertiary/aromatic N) is 4. The van der Waals surface area contributed by atoms with E-state index in [0.717, 1.165) is 5.13 Å². The highest BCUT2D eigenvalue weighted by molar-refractivity contribution is 7.13. The predicted molar refractivity (Wildman–Crippen MR) is 50.5 cm³/mol. The van der Waals surface area contributed by atoms with Crippen LogP contribution >= 0.6 is 11.3 Å². The molecule has 0 fully saturated rings. The summed E-state index contributed by atoms with van der Waals surface area (Å²) in [6.45, 7) is 2.00. The van der Waals surface area contributed by atoms with Gasteiger partial charge < -0.3 is 5.32 Å². The molecule has 68 valence electrons. The van der Waals surface area contributed by atoms with E-state index in [2.05, 4.69) is 20.4 Å². The number of aromatic nitrogens is 4. The quantitative estimate of drug-likeness (QED) is 0.803. The molecule has 0 bridgehead atoms. The molecule has 0 radical (unpaired) electrons. The van der Waals surface area contributed by atoms with E-state index < -0.39 is 0 Å². The van der Waals surface area contributed by atoms with Gasteiger partial charge in [-0.25, -0.2) is 14.6 Å². The molecule has 0 saturated carbocycles. The van der Waals surface area contributed by atoms with Gasteiger partial charge in [0.2, 0.25) is 0 Å². The van der Waals surface area contributed by atoms with Crippen molar-refractivity contribution >= 4 is 16.5 Å². The maximum atomic E-state index is 4.11. The van der Waals surface area contributed by atoms with Crippen molar-refractivity contribution in [1.82, 2.24) is 19.7 Å². The molecule has 6 heteroatoms. The third-order valence-electron chi connectivity index (χ3n) is 1.60. The fourth-order valence-corrected chi connectivity index (χ4v) is 1.57. The predicted octanol–water partition coefficient (Wildman–Crippen LogP) is 1.37. The Morgan fingerprint density at radius 2 is 2.54 bits per heavy atom. The third kappa shape index (κ3) is 1.83. The van der Waals surface area contributed by atoms with Gasteiger partial charge in [-0.15, -0.1) is 11.3 Å². The van der Waals surface area contributed by atoms with Crippen molar-refractivity contribution in [3.05, 3.63) is 24.2 Å². The van der Waals surface area contributed by atoms with Crippen molar-refractivity contribution in [2.45, 2.75) is 13.1 Å². The Balaban J connectivity index is 2.04. The molecule has 0 spiro atoms. The first-order valence-corrected chi connectivity index (χ1v) is 4.74. The van der Waals surface area contributed by atoms with Gasteiger partial charge in [-0.2, -0.15) is 5.10 Å². The molecule has 0 saturated heterocycles. The Kier molecular flexibility index (Phi) is 2.22. The Morgan fingerprint density at radius 1 is 1.62 bits per heavy atom. The van der Waals surface area contributed by atoms with E-state index in [9.17, 15) is 0 Å². The SMILES string of the molecule is CC(Nc1nccs1)n1cncn1. The minimum absolute atomic E-state index is 0.0775. The molecule has 13 heavy (non-hydrogen) atoms. The molecule has 0 aliphatic carbocycles. The summed E-state index contributed by atoms with van der Waals surface area (Å²) in [7, 11) is 0. The van der Waals surface area contributed by atoms with Gasteiger partial charge in [-0.3, -0.25) is 0 Å². The summed E-state index contributed by atoms with van der Waals surface area (Å²) >= 11 is 1.56. The zero-order valence-electron chi connectivity index (χ0n) is 7.08. The second-order valence-electron chi connectivity index (χ2n) is 2.53. The van der Waals surface area contributed by atoms with Crippen LogP contribution in [-0.2, 0) is 0 Å². The Morgan fingerprint density at radius 3 is 3.15 bits per heavy atom. The zero-order chi connectivity index (χ0) is 9.10. The summed E-state index contributed by atoms with van der Waals surface area (Å²) < 4.78 is 1.74. The molecule has 0 aliphatic rings. The average molecular weight is 195 g/mol. The van der Waals surface area contributed by atoms with Crippen molar-refractivity contribution in [2.75, 3.05) is 5.32 Å². The molecule has 1 atom stereocenters. The maximum Gasteiger partial charge on any atom is 0.184 e. The van der Waals surface area contributed by atoms with Crippen LogP contribution < -0.4 is 5.32 Å². The number of thiazole rings is 1. The van der Waals surface area contributed by atoms with Crippen LogP contribution in [0.1, 0.15) is 13.1 Å². The van der Waals surface area contributed by atoms with E-state index in [1.807, 2.05) is 12.3 Å². The zero-order valence-corrected chi connectivity index (χ0v) is 7.90. The first-order chi connectivity index (χ1) is 6.36. The van der Waals surface area contributed by atoms with Crippen molar-refractivity contribution in [3.8, 4) is 0 Å². The van der Waals surface area contributed by atoms with E-state index in [-0.39, 0.29) is 6.17 Å². The molecule has 0 amide bonds. The van der Waals surface area contributed by atoms with E-state index in [4.69, 9.17) is 0 Å². The smallest absolute Gasteiger partial charge is 0.184 e. The number of anilines is 1. The topological polar surface area (TPSA) is 55.6 Å². The molecular formula is C7H9N5S. The van der Waals surface area contributed by atoms with Crippen LogP contribution in [0.4, 0.5) is 5.13 Å². The lowest BCUT2D eigenvalue weighted by Crippen LogP contribution is -2.14. The van der Waals surface area contributed by atoms with E-state index in [0.29, 0.717) is 0 Å². The summed E-state index contributed by atoms with van der Waals surface area (Å²) in [5.41, 5.74) is 0. The third-order valence-corrected chi connectivity index (χ3v) is 2.30. The summed E-state index contributed by atoms with van der Waals surface area (Å²) in [6, 6.07) is 0. The van der Waals surface area contributed by atoms with Crippen LogP contribution in [0.15, 0.2) is 24.2 Å². The van der Waals surface area contributed by atoms with E-state index in [1.165, 1.54) is 6.33 Å². The number of hydrogen-bond acceptors (Lipinski definition) is 5. The standard InChI is InChI=1S/C7H9N5S/c1-6(12-5-8-4-10-12)11-7-9-2-3-13-7/h2-6H,1H3,(H,9,11). The van der Waals surface area contributed by atoms with Crippen molar-refractivity contribution in [2.24, 2.45) is 0 Å². The van der Waals surface area contributed by atoms with Gasteiger partial charge in [-0.05, 0) is 6.92 Å². The van der Waals surface area contributed by atoms with Gasteiger partial charge in [0.05, 0.1) is 0 Å². The largest absolute Gasteiger partial charge is 0.340 e. The monoisotopic (exact) mass is 195 g/mol. The van der Waals surface area contributed by atoms with Gasteiger partial charge in [0.25, 0.3) is 0 Å². The number of rotatable bonds is 3. The fraction of sp³-hybridized carbons (Fsp3) is 0.286. The van der Waals surface area contributed by atoms with Gasteiger partial charge >= 0.3 is 0 Å². The second-order valence-corrected chi connectivity index (χ2v) is 3.43. The first-order valence-electron chi connectivity index (χ1n) is 3.86. The van der Waals surface area contributed by atoms with Crippen molar-refractivity contribution in [1.29, 1.82) is 0 Å². The summed E-state index contributed by atoms with van der Waals surface area (Å²) in [4.78, 5) is 7.98. The molecule has 0 aliphatic heterocycles. The van der Waals surface area contributed by atoms with Crippen LogP contribution in [0.2, 0.25) is 0 Å². The minimum atomic E-state index is 0.0775. The Hall–Kier alpha value is -1.43. The number of hydrogen-bond donors (Lipinski definition) is 1. The van der Waals surface area contributed by atoms with Gasteiger partial charge in [0.1, 0.15) is 18.8 Å². The van der Waals surface area contributed by atoms with E-state index in [1.54, 1.807) is 28.5 Å². The van der Waals surface area contributed by atoms with Crippen LogP contribution in [0.25, 0.3) is 0 Å². The van der Waals surface area contributed by atoms with Gasteiger partial charge in [-0.1, -0.05) is 0 Å². The molecule has 2 heterocycles. The average Bonchev–Trinajstić information content (AvgIpc) is 2.74. The Labute approximate surface area is 79.5 Å². The van der Waals surface area contributed by atoms with Crippen molar-refractivity contribution in [3.63, 3.8) is 0 Å². The minimum Gasteiger partial charge on any atom is -0.340 e. The Bertz CT molecular complexity index is 341. The summed E-state index contributed by atoms with van der Waals surface area (Å²) in [5.74, 6) is 0. The molecule has 2 rings (SSSR count). The van der Waals surface area contributed by atoms with Crippen LogP contribution in [0.3, 0.4) is 0 Å². The van der Waals surface area contributed by atoms with E-state index >= 15 is 0 Å². The highest BCUT2D eigenvalue weighted by Crippen LogP contribution is 2.14. The second kappa shape index (κ2) is 3.53. The first kappa shape index (κ1) is 8.18. The normalized spacial score (nSPS) is 12.7. The molecule has 2 aromatic rings. The van der Waals surface area contributed by atoms with Crippen molar-refractivity contribution < 1.29 is 0 Å². The molecule has 0 aromatic carbocycles. The number of nitrogens with one attached hydrogen (secondary N) is 1. The van der Waals surface area contributed by atoms with Crippen LogP contribution in [0, 0.1) is 0 Å². The van der Waals surface area contributed by atoms with Crippen LogP contribution in [0.5, 0.6) is 0 Å². The fourth-order valence-electron chi connectivity index (χ4n) is 0.957. The summed E-state index contributed by atoms with van der Waals surface area (Å²) in [6.07, 6.45) is 5.03. The highest BCUT2D eigenvalue weighted by atomic mass is 32.1. The van der Waals surface area contributed by atoms with Crippen LogP contribution in [-0.4, -0.2) is 19.7 Å². The lowest BCUT2D eigenvalue weighted by molar-refractivity contribution is 0.543. The molecule has 1 unspecified atom stereocenters. The molecule has 2 aromatic heterocycles. The van der Waals surface area contributed by atoms with Gasteiger partial charge in [0.15, 0.2) is 5.13 Å². The van der Waals surface area contributed by atoms with Gasteiger partial charge in [0, 0.05) is 11.6 Å². The lowest BCUT2D eigenvalue weighted by atomic mass is 10.6. The molecule has 5 nitrogen and oxygen atoms in total. The molecular weight excluding hydrogens is 186 g/mol.